The molecule has 1 aromatic heterocycles. The Morgan fingerprint density at radius 1 is 1.69 bits per heavy atom. The first-order valence-corrected chi connectivity index (χ1v) is 5.45. The van der Waals surface area contributed by atoms with E-state index in [1.807, 2.05) is 0 Å². The van der Waals surface area contributed by atoms with E-state index in [2.05, 4.69) is 25.7 Å². The number of rotatable bonds is 3. The van der Waals surface area contributed by atoms with Crippen molar-refractivity contribution in [1.29, 1.82) is 0 Å². The van der Waals surface area contributed by atoms with Crippen LogP contribution in [0.25, 0.3) is 0 Å². The van der Waals surface area contributed by atoms with Crippen molar-refractivity contribution >= 4 is 33.5 Å². The number of aromatic nitrogens is 1. The minimum Gasteiger partial charge on any atom is -0.465 e. The van der Waals surface area contributed by atoms with Crippen LogP contribution in [0.3, 0.4) is 0 Å². The highest BCUT2D eigenvalue weighted by Crippen LogP contribution is 2.30. The molecule has 0 amide bonds. The second kappa shape index (κ2) is 5.54. The van der Waals surface area contributed by atoms with Gasteiger partial charge in [0.2, 0.25) is 0 Å². The molecule has 0 fully saturated rings. The number of methoxy groups -OCH3 is 1. The maximum absolute atomic E-state index is 12.6. The molecule has 1 rings (SSSR count). The number of hydrogen-bond acceptors (Lipinski definition) is 3. The van der Waals surface area contributed by atoms with Crippen molar-refractivity contribution in [2.24, 2.45) is 0 Å². The molecule has 7 heteroatoms. The van der Waals surface area contributed by atoms with Gasteiger partial charge in [-0.2, -0.15) is 0 Å². The van der Waals surface area contributed by atoms with E-state index < -0.39 is 18.1 Å². The van der Waals surface area contributed by atoms with Gasteiger partial charge in [-0.15, -0.1) is 11.6 Å². The van der Waals surface area contributed by atoms with E-state index in [0.717, 1.165) is 7.11 Å². The summed E-state index contributed by atoms with van der Waals surface area (Å²) in [6.45, 7) is 0. The summed E-state index contributed by atoms with van der Waals surface area (Å²) in [5.74, 6) is -0.817. The first-order valence-electron chi connectivity index (χ1n) is 4.12. The number of nitrogens with zero attached hydrogens (tertiary/aromatic N) is 1. The van der Waals surface area contributed by atoms with Crippen LogP contribution in [0.5, 0.6) is 0 Å². The van der Waals surface area contributed by atoms with Gasteiger partial charge < -0.3 is 4.74 Å². The van der Waals surface area contributed by atoms with Crippen molar-refractivity contribution in [3.63, 3.8) is 0 Å². The fraction of sp³-hybridized carbons (Fsp3) is 0.333. The molecule has 0 atom stereocenters. The lowest BCUT2D eigenvalue weighted by Gasteiger charge is -2.10. The summed E-state index contributed by atoms with van der Waals surface area (Å²) in [5, 5.41) is 0. The second-order valence-electron chi connectivity index (χ2n) is 2.78. The standard InChI is InChI=1S/C9H7BrClF2NO2/c1-16-9(15)5-6(10)4(2-11)3-14-7(5)8(12)13/h3,8H,2H2,1H3. The first-order chi connectivity index (χ1) is 7.52. The summed E-state index contributed by atoms with van der Waals surface area (Å²) >= 11 is 8.62. The first kappa shape index (κ1) is 13.3. The van der Waals surface area contributed by atoms with E-state index in [1.54, 1.807) is 0 Å². The predicted molar refractivity (Wildman–Crippen MR) is 57.8 cm³/mol. The molecule has 0 N–H and O–H groups in total. The smallest absolute Gasteiger partial charge is 0.341 e. The third-order valence-electron chi connectivity index (χ3n) is 1.86. The molecule has 16 heavy (non-hydrogen) atoms. The number of alkyl halides is 3. The highest BCUT2D eigenvalue weighted by Gasteiger charge is 2.25. The Balaban J connectivity index is 3.42. The van der Waals surface area contributed by atoms with Crippen LogP contribution >= 0.6 is 27.5 Å². The number of pyridine rings is 1. The molecule has 0 spiro atoms. The Morgan fingerprint density at radius 3 is 2.75 bits per heavy atom. The van der Waals surface area contributed by atoms with Crippen molar-refractivity contribution in [3.05, 3.63) is 27.5 Å². The van der Waals surface area contributed by atoms with Crippen molar-refractivity contribution in [2.45, 2.75) is 12.3 Å². The Bertz CT molecular complexity index is 415. The molecule has 0 radical (unpaired) electrons. The van der Waals surface area contributed by atoms with Crippen molar-refractivity contribution in [2.75, 3.05) is 7.11 Å². The highest BCUT2D eigenvalue weighted by atomic mass is 79.9. The average molecular weight is 315 g/mol. The van der Waals surface area contributed by atoms with Gasteiger partial charge in [0, 0.05) is 16.2 Å². The van der Waals surface area contributed by atoms with Gasteiger partial charge in [-0.1, -0.05) is 0 Å². The van der Waals surface area contributed by atoms with Crippen molar-refractivity contribution < 1.29 is 18.3 Å². The van der Waals surface area contributed by atoms with Crippen LogP contribution in [0, 0.1) is 0 Å². The summed E-state index contributed by atoms with van der Waals surface area (Å²) in [5.41, 5.74) is -0.449. The monoisotopic (exact) mass is 313 g/mol. The van der Waals surface area contributed by atoms with Gasteiger partial charge in [0.1, 0.15) is 11.3 Å². The van der Waals surface area contributed by atoms with E-state index in [-0.39, 0.29) is 15.9 Å². The highest BCUT2D eigenvalue weighted by molar-refractivity contribution is 9.10. The second-order valence-corrected chi connectivity index (χ2v) is 3.84. The van der Waals surface area contributed by atoms with Gasteiger partial charge in [0.05, 0.1) is 13.0 Å². The fourth-order valence-corrected chi connectivity index (χ4v) is 2.07. The molecule has 0 aromatic carbocycles. The number of esters is 1. The van der Waals surface area contributed by atoms with Crippen LogP contribution in [-0.2, 0) is 10.6 Å². The topological polar surface area (TPSA) is 39.2 Å². The minimum atomic E-state index is -2.85. The molecule has 0 aliphatic heterocycles. The van der Waals surface area contributed by atoms with Crippen LogP contribution < -0.4 is 0 Å². The Labute approximate surface area is 104 Å². The molecule has 1 heterocycles. The lowest BCUT2D eigenvalue weighted by Crippen LogP contribution is -2.10. The van der Waals surface area contributed by atoms with E-state index in [9.17, 15) is 13.6 Å². The summed E-state index contributed by atoms with van der Waals surface area (Å²) in [6, 6.07) is 0. The van der Waals surface area contributed by atoms with Gasteiger partial charge in [-0.05, 0) is 15.9 Å². The number of carbonyl (C=O) groups is 1. The van der Waals surface area contributed by atoms with Crippen LogP contribution in [0.15, 0.2) is 10.7 Å². The Hall–Kier alpha value is -0.750. The number of ether oxygens (including phenoxy) is 1. The van der Waals surface area contributed by atoms with Crippen LogP contribution in [0.4, 0.5) is 8.78 Å². The molecule has 88 valence electrons. The molecule has 0 unspecified atom stereocenters. The van der Waals surface area contributed by atoms with Crippen LogP contribution in [0.1, 0.15) is 28.0 Å². The third-order valence-corrected chi connectivity index (χ3v) is 3.05. The van der Waals surface area contributed by atoms with E-state index >= 15 is 0 Å². The zero-order chi connectivity index (χ0) is 12.3. The van der Waals surface area contributed by atoms with E-state index in [1.165, 1.54) is 6.20 Å². The lowest BCUT2D eigenvalue weighted by molar-refractivity contribution is 0.0585. The van der Waals surface area contributed by atoms with Gasteiger partial charge >= 0.3 is 5.97 Å². The number of carbonyl (C=O) groups excluding carboxylic acids is 1. The molecular formula is C9H7BrClF2NO2. The summed E-state index contributed by atoms with van der Waals surface area (Å²) in [4.78, 5) is 14.9. The average Bonchev–Trinajstić information content (AvgIpc) is 2.27. The normalized spacial score (nSPS) is 10.6. The summed E-state index contributed by atoms with van der Waals surface area (Å²) in [6.07, 6.45) is -1.65. The lowest BCUT2D eigenvalue weighted by atomic mass is 10.1. The number of halogens is 4. The summed E-state index contributed by atoms with van der Waals surface area (Å²) in [7, 11) is 1.11. The quantitative estimate of drug-likeness (QED) is 0.635. The van der Waals surface area contributed by atoms with Gasteiger partial charge in [0.25, 0.3) is 6.43 Å². The zero-order valence-corrected chi connectivity index (χ0v) is 10.5. The molecule has 0 aliphatic carbocycles. The van der Waals surface area contributed by atoms with E-state index in [0.29, 0.717) is 5.56 Å². The Morgan fingerprint density at radius 2 is 2.31 bits per heavy atom. The summed E-state index contributed by atoms with van der Waals surface area (Å²) < 4.78 is 29.8. The predicted octanol–water partition coefficient (Wildman–Crippen LogP) is 3.31. The van der Waals surface area contributed by atoms with Gasteiger partial charge in [-0.3, -0.25) is 4.98 Å². The molecule has 1 aromatic rings. The molecule has 0 saturated carbocycles. The Kier molecular flexibility index (Phi) is 4.61. The largest absolute Gasteiger partial charge is 0.465 e. The van der Waals surface area contributed by atoms with Gasteiger partial charge in [-0.25, -0.2) is 13.6 Å². The maximum atomic E-state index is 12.6. The minimum absolute atomic E-state index is 0.0566. The molecule has 0 aliphatic rings. The molecular weight excluding hydrogens is 307 g/mol. The van der Waals surface area contributed by atoms with Crippen molar-refractivity contribution in [1.82, 2.24) is 4.98 Å². The maximum Gasteiger partial charge on any atom is 0.341 e. The van der Waals surface area contributed by atoms with Gasteiger partial charge in [0.15, 0.2) is 0 Å². The fourth-order valence-electron chi connectivity index (χ4n) is 1.10. The van der Waals surface area contributed by atoms with Crippen LogP contribution in [-0.4, -0.2) is 18.1 Å². The molecule has 0 saturated heterocycles. The third kappa shape index (κ3) is 2.49. The zero-order valence-electron chi connectivity index (χ0n) is 8.14. The molecule has 0 bridgehead atoms. The van der Waals surface area contributed by atoms with Crippen molar-refractivity contribution in [3.8, 4) is 0 Å². The SMILES string of the molecule is COC(=O)c1c(C(F)F)ncc(CCl)c1Br. The number of hydrogen-bond donors (Lipinski definition) is 0. The molecule has 3 nitrogen and oxygen atoms in total. The van der Waals surface area contributed by atoms with Crippen LogP contribution in [0.2, 0.25) is 0 Å². The van der Waals surface area contributed by atoms with E-state index in [4.69, 9.17) is 11.6 Å².